The number of thioether (sulfide) groups is 1. The average molecular weight is 332 g/mol. The van der Waals surface area contributed by atoms with Crippen LogP contribution in [0.1, 0.15) is 44.2 Å². The molecule has 0 bridgehead atoms. The topological polar surface area (TPSA) is 32.3 Å². The number of rotatable bonds is 1. The molecule has 3 nitrogen and oxygen atoms in total. The molecule has 1 atom stereocenters. The first kappa shape index (κ1) is 15.6. The van der Waals surface area contributed by atoms with Crippen LogP contribution >= 0.6 is 24.0 Å². The van der Waals surface area contributed by atoms with Crippen molar-refractivity contribution in [3.05, 3.63) is 34.2 Å². The van der Waals surface area contributed by atoms with E-state index in [-0.39, 0.29) is 11.4 Å². The molecule has 0 saturated carbocycles. The van der Waals surface area contributed by atoms with E-state index < -0.39 is 0 Å². The van der Waals surface area contributed by atoms with E-state index in [9.17, 15) is 4.79 Å². The monoisotopic (exact) mass is 332 g/mol. The van der Waals surface area contributed by atoms with Gasteiger partial charge in [-0.15, -0.1) is 0 Å². The van der Waals surface area contributed by atoms with Crippen molar-refractivity contribution in [3.8, 4) is 0 Å². The summed E-state index contributed by atoms with van der Waals surface area (Å²) in [6.45, 7) is 6.84. The molecule has 1 aromatic rings. The molecule has 3 rings (SSSR count). The summed E-state index contributed by atoms with van der Waals surface area (Å²) in [5.41, 5.74) is 3.85. The van der Waals surface area contributed by atoms with Crippen LogP contribution < -0.4 is 10.2 Å². The third kappa shape index (κ3) is 2.68. The van der Waals surface area contributed by atoms with Crippen LogP contribution in [0, 0.1) is 0 Å². The summed E-state index contributed by atoms with van der Waals surface area (Å²) >= 11 is 6.36. The molecule has 1 saturated heterocycles. The molecule has 0 radical (unpaired) electrons. The van der Waals surface area contributed by atoms with Gasteiger partial charge in [-0.25, -0.2) is 0 Å². The third-order valence-corrected chi connectivity index (χ3v) is 5.76. The normalized spacial score (nSPS) is 25.4. The molecule has 22 heavy (non-hydrogen) atoms. The summed E-state index contributed by atoms with van der Waals surface area (Å²) in [4.78, 5) is 14.8. The second kappa shape index (κ2) is 5.39. The van der Waals surface area contributed by atoms with Crippen molar-refractivity contribution >= 4 is 46.0 Å². The first-order valence-corrected chi connectivity index (χ1v) is 8.63. The van der Waals surface area contributed by atoms with Crippen LogP contribution in [0.15, 0.2) is 23.1 Å². The molecule has 116 valence electrons. The zero-order valence-electron chi connectivity index (χ0n) is 13.3. The molecular formula is C17H20N2OS2. The van der Waals surface area contributed by atoms with Crippen molar-refractivity contribution in [3.63, 3.8) is 0 Å². The lowest BCUT2D eigenvalue weighted by Crippen LogP contribution is -2.45. The van der Waals surface area contributed by atoms with Crippen LogP contribution in [-0.2, 0) is 4.79 Å². The number of anilines is 1. The Labute approximate surface area is 141 Å². The van der Waals surface area contributed by atoms with E-state index in [1.165, 1.54) is 23.0 Å². The minimum absolute atomic E-state index is 0.0981. The lowest BCUT2D eigenvalue weighted by atomic mass is 9.80. The van der Waals surface area contributed by atoms with E-state index in [2.05, 4.69) is 56.2 Å². The van der Waals surface area contributed by atoms with Gasteiger partial charge in [-0.05, 0) is 55.5 Å². The Kier molecular flexibility index (Phi) is 3.81. The summed E-state index contributed by atoms with van der Waals surface area (Å²) < 4.78 is 0.532. The van der Waals surface area contributed by atoms with E-state index in [0.717, 1.165) is 12.0 Å². The number of carbonyl (C=O) groups excluding carboxylic acids is 1. The van der Waals surface area contributed by atoms with Crippen molar-refractivity contribution in [2.24, 2.45) is 0 Å². The Balaban J connectivity index is 1.98. The van der Waals surface area contributed by atoms with E-state index in [1.54, 1.807) is 0 Å². The van der Waals surface area contributed by atoms with E-state index >= 15 is 0 Å². The molecule has 5 heteroatoms. The summed E-state index contributed by atoms with van der Waals surface area (Å²) in [7, 11) is 2.15. The van der Waals surface area contributed by atoms with Crippen molar-refractivity contribution in [1.29, 1.82) is 0 Å². The standard InChI is InChI=1S/C17H20N2OS2/c1-10-9-17(2,3)19(4)13-6-5-11(7-12(10)13)8-14-15(20)18-16(21)22-14/h5-8,10H,9H2,1-4H3,(H,18,20,21)/b14-8-. The highest BCUT2D eigenvalue weighted by Gasteiger charge is 2.34. The van der Waals surface area contributed by atoms with E-state index in [0.29, 0.717) is 15.1 Å². The number of carbonyl (C=O) groups is 1. The van der Waals surface area contributed by atoms with Crippen LogP contribution in [0.3, 0.4) is 0 Å². The molecule has 0 aliphatic carbocycles. The number of thiocarbonyl (C=S) groups is 1. The lowest BCUT2D eigenvalue weighted by Gasteiger charge is -2.45. The summed E-state index contributed by atoms with van der Waals surface area (Å²) in [6, 6.07) is 6.44. The Morgan fingerprint density at radius 3 is 2.82 bits per heavy atom. The Bertz CT molecular complexity index is 694. The van der Waals surface area contributed by atoms with Gasteiger partial charge in [-0.1, -0.05) is 37.0 Å². The van der Waals surface area contributed by atoms with Crippen molar-refractivity contribution in [2.45, 2.75) is 38.6 Å². The third-order valence-electron chi connectivity index (χ3n) is 4.60. The molecule has 2 aliphatic heterocycles. The minimum Gasteiger partial charge on any atom is -0.369 e. The smallest absolute Gasteiger partial charge is 0.263 e. The molecule has 1 N–H and O–H groups in total. The van der Waals surface area contributed by atoms with E-state index in [1.807, 2.05) is 6.08 Å². The van der Waals surface area contributed by atoms with Crippen LogP contribution in [0.4, 0.5) is 5.69 Å². The van der Waals surface area contributed by atoms with E-state index in [4.69, 9.17) is 12.2 Å². The number of hydrogen-bond donors (Lipinski definition) is 1. The second-order valence-corrected chi connectivity index (χ2v) is 8.37. The highest BCUT2D eigenvalue weighted by atomic mass is 32.2. The maximum absolute atomic E-state index is 11.8. The average Bonchev–Trinajstić information content (AvgIpc) is 2.74. The maximum atomic E-state index is 11.8. The van der Waals surface area contributed by atoms with Crippen molar-refractivity contribution in [2.75, 3.05) is 11.9 Å². The Morgan fingerprint density at radius 2 is 2.18 bits per heavy atom. The van der Waals surface area contributed by atoms with Crippen LogP contribution in [0.2, 0.25) is 0 Å². The van der Waals surface area contributed by atoms with Gasteiger partial charge in [-0.2, -0.15) is 0 Å². The number of hydrogen-bond acceptors (Lipinski definition) is 4. The largest absolute Gasteiger partial charge is 0.369 e. The molecule has 0 aromatic heterocycles. The molecule has 1 fully saturated rings. The van der Waals surface area contributed by atoms with Gasteiger partial charge < -0.3 is 10.2 Å². The van der Waals surface area contributed by atoms with Crippen LogP contribution in [-0.4, -0.2) is 22.8 Å². The zero-order valence-corrected chi connectivity index (χ0v) is 14.9. The molecule has 1 unspecified atom stereocenters. The second-order valence-electron chi connectivity index (χ2n) is 6.65. The van der Waals surface area contributed by atoms with Gasteiger partial charge in [0.15, 0.2) is 0 Å². The van der Waals surface area contributed by atoms with Gasteiger partial charge in [0.2, 0.25) is 0 Å². The van der Waals surface area contributed by atoms with Crippen LogP contribution in [0.25, 0.3) is 6.08 Å². The fourth-order valence-corrected chi connectivity index (χ4v) is 4.30. The lowest BCUT2D eigenvalue weighted by molar-refractivity contribution is -0.115. The van der Waals surface area contributed by atoms with Gasteiger partial charge in [0.1, 0.15) is 4.32 Å². The van der Waals surface area contributed by atoms with Gasteiger partial charge in [0.05, 0.1) is 4.91 Å². The Morgan fingerprint density at radius 1 is 1.45 bits per heavy atom. The minimum atomic E-state index is -0.0981. The highest BCUT2D eigenvalue weighted by Crippen LogP contribution is 2.43. The molecule has 2 heterocycles. The number of benzene rings is 1. The fourth-order valence-electron chi connectivity index (χ4n) is 3.26. The van der Waals surface area contributed by atoms with Gasteiger partial charge in [0.25, 0.3) is 5.91 Å². The van der Waals surface area contributed by atoms with Crippen LogP contribution in [0.5, 0.6) is 0 Å². The van der Waals surface area contributed by atoms with Gasteiger partial charge in [0, 0.05) is 18.3 Å². The molecule has 1 aromatic carbocycles. The summed E-state index contributed by atoms with van der Waals surface area (Å²) in [5, 5.41) is 2.65. The van der Waals surface area contributed by atoms with Gasteiger partial charge in [-0.3, -0.25) is 4.79 Å². The molecule has 1 amide bonds. The highest BCUT2D eigenvalue weighted by molar-refractivity contribution is 8.26. The number of fused-ring (bicyclic) bond motifs is 1. The fraction of sp³-hybridized carbons (Fsp3) is 0.412. The first-order chi connectivity index (χ1) is 10.3. The maximum Gasteiger partial charge on any atom is 0.263 e. The zero-order chi connectivity index (χ0) is 16.1. The van der Waals surface area contributed by atoms with Crippen molar-refractivity contribution < 1.29 is 4.79 Å². The quantitative estimate of drug-likeness (QED) is 0.624. The van der Waals surface area contributed by atoms with Gasteiger partial charge >= 0.3 is 0 Å². The predicted molar refractivity (Wildman–Crippen MR) is 98.3 cm³/mol. The molecule has 0 spiro atoms. The Hall–Kier alpha value is -1.33. The SMILES string of the molecule is CC1CC(C)(C)N(C)c2ccc(/C=C3\SC(=S)NC3=O)cc21. The molecular weight excluding hydrogens is 312 g/mol. The molecule has 2 aliphatic rings. The number of nitrogens with zero attached hydrogens (tertiary/aromatic N) is 1. The summed E-state index contributed by atoms with van der Waals surface area (Å²) in [5.74, 6) is 0.407. The summed E-state index contributed by atoms with van der Waals surface area (Å²) in [6.07, 6.45) is 3.04. The first-order valence-electron chi connectivity index (χ1n) is 7.40. The predicted octanol–water partition coefficient (Wildman–Crippen LogP) is 3.90. The number of amides is 1. The van der Waals surface area contributed by atoms with Crippen molar-refractivity contribution in [1.82, 2.24) is 5.32 Å². The number of nitrogens with one attached hydrogen (secondary N) is 1.